The number of fused-ring (bicyclic) bond motifs is 3. The first-order chi connectivity index (χ1) is 6.14. The smallest absolute Gasteiger partial charge is 0.115 e. The van der Waals surface area contributed by atoms with Crippen LogP contribution in [-0.4, -0.2) is 29.7 Å². The lowest BCUT2D eigenvalue weighted by Crippen LogP contribution is -2.46. The van der Waals surface area contributed by atoms with Crippen LogP contribution in [0.4, 0.5) is 4.39 Å². The van der Waals surface area contributed by atoms with Crippen LogP contribution in [0.5, 0.6) is 0 Å². The van der Waals surface area contributed by atoms with Crippen LogP contribution in [0.25, 0.3) is 0 Å². The van der Waals surface area contributed by atoms with Gasteiger partial charge in [0.1, 0.15) is 6.17 Å². The normalized spacial score (nSPS) is 54.0. The molecule has 3 rings (SSSR count). The number of nitrogens with zero attached hydrogens (tertiary/aromatic N) is 1. The molecule has 0 amide bonds. The van der Waals surface area contributed by atoms with Gasteiger partial charge in [0.15, 0.2) is 0 Å². The molecule has 1 saturated carbocycles. The molecule has 4 atom stereocenters. The summed E-state index contributed by atoms with van der Waals surface area (Å²) in [6.45, 7) is 6.44. The standard InChI is InChI=1S/C11H18FN/c1-7(2)11-4-9(12)6-13(11)5-8-3-10(8)11/h7-10H,3-6H2,1-2H3/t8?,9-,10?,11+/m1/s1. The van der Waals surface area contributed by atoms with Crippen molar-refractivity contribution in [3.63, 3.8) is 0 Å². The third kappa shape index (κ3) is 0.855. The molecule has 0 bridgehead atoms. The first-order valence-corrected chi connectivity index (χ1v) is 5.53. The number of hydrogen-bond donors (Lipinski definition) is 0. The lowest BCUT2D eigenvalue weighted by Gasteiger charge is -2.38. The summed E-state index contributed by atoms with van der Waals surface area (Å²) >= 11 is 0. The Morgan fingerprint density at radius 1 is 1.38 bits per heavy atom. The van der Waals surface area contributed by atoms with Gasteiger partial charge in [-0.2, -0.15) is 0 Å². The predicted octanol–water partition coefficient (Wildman–Crippen LogP) is 2.07. The molecule has 0 aromatic rings. The minimum absolute atomic E-state index is 0.268. The fraction of sp³-hybridized carbons (Fsp3) is 1.00. The number of halogens is 1. The lowest BCUT2D eigenvalue weighted by molar-refractivity contribution is 0.103. The van der Waals surface area contributed by atoms with Crippen LogP contribution >= 0.6 is 0 Å². The van der Waals surface area contributed by atoms with E-state index in [1.165, 1.54) is 13.0 Å². The first kappa shape index (κ1) is 8.22. The highest BCUT2D eigenvalue weighted by molar-refractivity contribution is 5.19. The lowest BCUT2D eigenvalue weighted by atomic mass is 9.80. The zero-order valence-corrected chi connectivity index (χ0v) is 8.46. The van der Waals surface area contributed by atoms with Gasteiger partial charge >= 0.3 is 0 Å². The summed E-state index contributed by atoms with van der Waals surface area (Å²) < 4.78 is 13.4. The number of alkyl halides is 1. The molecule has 13 heavy (non-hydrogen) atoms. The van der Waals surface area contributed by atoms with Gasteiger partial charge in [0, 0.05) is 18.6 Å². The number of hydrogen-bond acceptors (Lipinski definition) is 1. The molecule has 3 aliphatic rings. The molecular weight excluding hydrogens is 165 g/mol. The van der Waals surface area contributed by atoms with E-state index in [0.717, 1.165) is 18.3 Å². The van der Waals surface area contributed by atoms with Gasteiger partial charge in [-0.15, -0.1) is 0 Å². The van der Waals surface area contributed by atoms with Crippen LogP contribution in [0.1, 0.15) is 26.7 Å². The zero-order chi connectivity index (χ0) is 9.22. The van der Waals surface area contributed by atoms with E-state index in [1.54, 1.807) is 0 Å². The van der Waals surface area contributed by atoms with E-state index < -0.39 is 6.17 Å². The van der Waals surface area contributed by atoms with Crippen molar-refractivity contribution in [2.75, 3.05) is 13.1 Å². The average molecular weight is 183 g/mol. The summed E-state index contributed by atoms with van der Waals surface area (Å²) in [7, 11) is 0. The Hall–Kier alpha value is -0.110. The van der Waals surface area contributed by atoms with Gasteiger partial charge in [-0.3, -0.25) is 4.90 Å². The van der Waals surface area contributed by atoms with E-state index in [-0.39, 0.29) is 5.54 Å². The maximum atomic E-state index is 13.4. The molecule has 0 aromatic carbocycles. The minimum Gasteiger partial charge on any atom is -0.294 e. The quantitative estimate of drug-likeness (QED) is 0.601. The van der Waals surface area contributed by atoms with Crippen LogP contribution in [-0.2, 0) is 0 Å². The van der Waals surface area contributed by atoms with E-state index in [4.69, 9.17) is 0 Å². The van der Waals surface area contributed by atoms with Gasteiger partial charge < -0.3 is 0 Å². The van der Waals surface area contributed by atoms with Crippen molar-refractivity contribution in [3.8, 4) is 0 Å². The Balaban J connectivity index is 1.95. The van der Waals surface area contributed by atoms with Crippen molar-refractivity contribution in [1.29, 1.82) is 0 Å². The molecule has 2 heterocycles. The van der Waals surface area contributed by atoms with Gasteiger partial charge in [-0.1, -0.05) is 13.8 Å². The Morgan fingerprint density at radius 3 is 2.77 bits per heavy atom. The second-order valence-corrected chi connectivity index (χ2v) is 5.45. The topological polar surface area (TPSA) is 3.24 Å². The first-order valence-electron chi connectivity index (χ1n) is 5.53. The Morgan fingerprint density at radius 2 is 2.15 bits per heavy atom. The third-order valence-corrected chi connectivity index (χ3v) is 4.58. The largest absolute Gasteiger partial charge is 0.294 e. The molecule has 2 aliphatic heterocycles. The number of rotatable bonds is 1. The second kappa shape index (κ2) is 2.28. The fourth-order valence-corrected chi connectivity index (χ4v) is 3.96. The molecule has 2 unspecified atom stereocenters. The molecule has 3 fully saturated rings. The van der Waals surface area contributed by atoms with Crippen molar-refractivity contribution < 1.29 is 4.39 Å². The van der Waals surface area contributed by atoms with Crippen molar-refractivity contribution in [2.45, 2.75) is 38.4 Å². The second-order valence-electron chi connectivity index (χ2n) is 5.45. The molecule has 0 radical (unpaired) electrons. The SMILES string of the molecule is CC(C)[C@]12C[C@@H](F)CN1CC1CC12. The Kier molecular flexibility index (Phi) is 1.44. The van der Waals surface area contributed by atoms with E-state index in [0.29, 0.717) is 12.5 Å². The predicted molar refractivity (Wildman–Crippen MR) is 50.3 cm³/mol. The van der Waals surface area contributed by atoms with Gasteiger partial charge in [0.05, 0.1) is 0 Å². The van der Waals surface area contributed by atoms with Crippen LogP contribution in [0.2, 0.25) is 0 Å². The molecule has 2 saturated heterocycles. The van der Waals surface area contributed by atoms with Gasteiger partial charge in [-0.25, -0.2) is 4.39 Å². The minimum atomic E-state index is -0.552. The van der Waals surface area contributed by atoms with E-state index in [9.17, 15) is 4.39 Å². The van der Waals surface area contributed by atoms with Crippen molar-refractivity contribution >= 4 is 0 Å². The molecule has 0 N–H and O–H groups in total. The van der Waals surface area contributed by atoms with Crippen LogP contribution < -0.4 is 0 Å². The maximum absolute atomic E-state index is 13.4. The van der Waals surface area contributed by atoms with Crippen LogP contribution in [0.15, 0.2) is 0 Å². The van der Waals surface area contributed by atoms with E-state index in [1.807, 2.05) is 0 Å². The average Bonchev–Trinajstić information content (AvgIpc) is 2.60. The summed E-state index contributed by atoms with van der Waals surface area (Å²) in [5.41, 5.74) is 0.268. The maximum Gasteiger partial charge on any atom is 0.115 e. The van der Waals surface area contributed by atoms with Crippen molar-refractivity contribution in [1.82, 2.24) is 4.90 Å². The zero-order valence-electron chi connectivity index (χ0n) is 8.46. The number of piperidine rings is 1. The third-order valence-electron chi connectivity index (χ3n) is 4.58. The fourth-order valence-electron chi connectivity index (χ4n) is 3.96. The molecule has 0 spiro atoms. The molecule has 74 valence electrons. The molecule has 2 heteroatoms. The summed E-state index contributed by atoms with van der Waals surface area (Å²) in [5.74, 6) is 2.40. The molecular formula is C11H18FN. The summed E-state index contributed by atoms with van der Waals surface area (Å²) in [6.07, 6.45) is 1.64. The van der Waals surface area contributed by atoms with Crippen molar-refractivity contribution in [2.24, 2.45) is 17.8 Å². The van der Waals surface area contributed by atoms with Crippen LogP contribution in [0.3, 0.4) is 0 Å². The summed E-state index contributed by atoms with van der Waals surface area (Å²) in [5, 5.41) is 0. The molecule has 1 nitrogen and oxygen atoms in total. The highest BCUT2D eigenvalue weighted by atomic mass is 19.1. The monoisotopic (exact) mass is 183 g/mol. The summed E-state index contributed by atoms with van der Waals surface area (Å²) in [4.78, 5) is 2.45. The van der Waals surface area contributed by atoms with Gasteiger partial charge in [0.2, 0.25) is 0 Å². The molecule has 0 aromatic heterocycles. The van der Waals surface area contributed by atoms with Gasteiger partial charge in [0.25, 0.3) is 0 Å². The highest BCUT2D eigenvalue weighted by Crippen LogP contribution is 2.62. The van der Waals surface area contributed by atoms with E-state index >= 15 is 0 Å². The molecule has 1 aliphatic carbocycles. The summed E-state index contributed by atoms with van der Waals surface area (Å²) in [6, 6.07) is 0. The van der Waals surface area contributed by atoms with E-state index in [2.05, 4.69) is 18.7 Å². The Labute approximate surface area is 79.3 Å². The Bertz CT molecular complexity index is 238. The highest BCUT2D eigenvalue weighted by Gasteiger charge is 2.66. The van der Waals surface area contributed by atoms with Crippen molar-refractivity contribution in [3.05, 3.63) is 0 Å². The van der Waals surface area contributed by atoms with Crippen LogP contribution in [0, 0.1) is 17.8 Å². The van der Waals surface area contributed by atoms with Gasteiger partial charge in [-0.05, 0) is 30.6 Å².